The number of hydrogen-bond acceptors (Lipinski definition) is 4. The van der Waals surface area contributed by atoms with E-state index in [0.29, 0.717) is 6.54 Å². The Morgan fingerprint density at radius 1 is 1.00 bits per heavy atom. The zero-order valence-corrected chi connectivity index (χ0v) is 17.3. The van der Waals surface area contributed by atoms with E-state index in [1.54, 1.807) is 7.11 Å². The lowest BCUT2D eigenvalue weighted by Crippen LogP contribution is -2.32. The van der Waals surface area contributed by atoms with Crippen LogP contribution in [0.2, 0.25) is 0 Å². The van der Waals surface area contributed by atoms with E-state index in [4.69, 9.17) is 4.74 Å². The van der Waals surface area contributed by atoms with Gasteiger partial charge in [-0.05, 0) is 36.1 Å². The van der Waals surface area contributed by atoms with Crippen LogP contribution in [0.3, 0.4) is 0 Å². The van der Waals surface area contributed by atoms with Crippen LogP contribution in [0.1, 0.15) is 49.3 Å². The number of hydrazone groups is 1. The second-order valence-corrected chi connectivity index (χ2v) is 7.70. The largest absolute Gasteiger partial charge is 0.497 e. The molecule has 4 rings (SSSR count). The summed E-state index contributed by atoms with van der Waals surface area (Å²) in [4.78, 5) is 27.4. The van der Waals surface area contributed by atoms with E-state index in [-0.39, 0.29) is 30.7 Å². The van der Waals surface area contributed by atoms with Gasteiger partial charge in [0.2, 0.25) is 11.8 Å². The first kappa shape index (κ1) is 20.1. The van der Waals surface area contributed by atoms with E-state index in [1.165, 1.54) is 5.01 Å². The number of benzene rings is 2. The summed E-state index contributed by atoms with van der Waals surface area (Å²) in [6.45, 7) is 1.32. The molecule has 0 N–H and O–H groups in total. The molecule has 6 nitrogen and oxygen atoms in total. The maximum absolute atomic E-state index is 12.9. The molecule has 2 aromatic rings. The van der Waals surface area contributed by atoms with Gasteiger partial charge in [-0.25, -0.2) is 5.01 Å². The minimum atomic E-state index is -0.0884. The molecule has 0 saturated carbocycles. The molecule has 0 aliphatic carbocycles. The third-order valence-electron chi connectivity index (χ3n) is 5.82. The molecule has 2 amide bonds. The monoisotopic (exact) mass is 405 g/mol. The maximum Gasteiger partial charge on any atom is 0.243 e. The average molecular weight is 405 g/mol. The van der Waals surface area contributed by atoms with Crippen LogP contribution in [0, 0.1) is 0 Å². The predicted molar refractivity (Wildman–Crippen MR) is 115 cm³/mol. The number of methoxy groups -OCH3 is 1. The molecule has 1 saturated heterocycles. The summed E-state index contributed by atoms with van der Waals surface area (Å²) in [6, 6.07) is 17.9. The Balaban J connectivity index is 1.33. The Morgan fingerprint density at radius 3 is 2.47 bits per heavy atom. The number of ether oxygens (including phenoxy) is 1. The molecule has 0 radical (unpaired) electrons. The average Bonchev–Trinajstić information content (AvgIpc) is 3.48. The van der Waals surface area contributed by atoms with Gasteiger partial charge in [0.1, 0.15) is 5.75 Å². The number of amides is 2. The normalized spacial score (nSPS) is 18.4. The fourth-order valence-corrected chi connectivity index (χ4v) is 4.19. The molecule has 2 aliphatic heterocycles. The number of nitrogens with zero attached hydrogens (tertiary/aromatic N) is 3. The highest BCUT2D eigenvalue weighted by atomic mass is 16.5. The van der Waals surface area contributed by atoms with E-state index in [1.807, 2.05) is 59.5 Å². The quantitative estimate of drug-likeness (QED) is 0.735. The smallest absolute Gasteiger partial charge is 0.243 e. The van der Waals surface area contributed by atoms with Crippen molar-refractivity contribution in [1.29, 1.82) is 0 Å². The van der Waals surface area contributed by atoms with Crippen molar-refractivity contribution in [2.75, 3.05) is 20.2 Å². The molecular weight excluding hydrogens is 378 g/mol. The number of carbonyl (C=O) groups excluding carboxylic acids is 2. The molecule has 0 spiro atoms. The van der Waals surface area contributed by atoms with Crippen LogP contribution >= 0.6 is 0 Å². The lowest BCUT2D eigenvalue weighted by atomic mass is 10.0. The van der Waals surface area contributed by atoms with Crippen LogP contribution < -0.4 is 4.74 Å². The fraction of sp³-hybridized carbons (Fsp3) is 0.375. The van der Waals surface area contributed by atoms with Crippen LogP contribution in [-0.2, 0) is 9.59 Å². The minimum Gasteiger partial charge on any atom is -0.497 e. The molecule has 2 heterocycles. The molecule has 0 bridgehead atoms. The molecule has 1 atom stereocenters. The fourth-order valence-electron chi connectivity index (χ4n) is 4.19. The Hall–Kier alpha value is -3.15. The Kier molecular flexibility index (Phi) is 6.12. The van der Waals surface area contributed by atoms with Crippen molar-refractivity contribution in [2.24, 2.45) is 5.10 Å². The second-order valence-electron chi connectivity index (χ2n) is 7.70. The van der Waals surface area contributed by atoms with Crippen LogP contribution in [0.15, 0.2) is 59.7 Å². The summed E-state index contributed by atoms with van der Waals surface area (Å²) >= 11 is 0. The van der Waals surface area contributed by atoms with Crippen molar-refractivity contribution in [1.82, 2.24) is 9.91 Å². The molecule has 2 aliphatic rings. The topological polar surface area (TPSA) is 62.2 Å². The van der Waals surface area contributed by atoms with E-state index < -0.39 is 0 Å². The van der Waals surface area contributed by atoms with Gasteiger partial charge in [-0.1, -0.05) is 42.5 Å². The molecule has 1 unspecified atom stereocenters. The lowest BCUT2D eigenvalue weighted by Gasteiger charge is -2.25. The highest BCUT2D eigenvalue weighted by Crippen LogP contribution is 2.33. The minimum absolute atomic E-state index is 0.0353. The number of likely N-dealkylation sites (tertiary alicyclic amines) is 1. The first-order valence-corrected chi connectivity index (χ1v) is 10.5. The van der Waals surface area contributed by atoms with Gasteiger partial charge in [0.15, 0.2) is 0 Å². The van der Waals surface area contributed by atoms with Crippen molar-refractivity contribution in [3.63, 3.8) is 0 Å². The summed E-state index contributed by atoms with van der Waals surface area (Å²) in [5.74, 6) is 0.754. The zero-order chi connectivity index (χ0) is 20.9. The molecule has 0 aromatic heterocycles. The summed E-state index contributed by atoms with van der Waals surface area (Å²) in [5.41, 5.74) is 3.09. The number of rotatable bonds is 6. The molecule has 1 fully saturated rings. The summed E-state index contributed by atoms with van der Waals surface area (Å²) in [7, 11) is 1.64. The van der Waals surface area contributed by atoms with Crippen molar-refractivity contribution in [3.8, 4) is 5.75 Å². The zero-order valence-electron chi connectivity index (χ0n) is 17.3. The summed E-state index contributed by atoms with van der Waals surface area (Å²) < 4.78 is 5.22. The Bertz CT molecular complexity index is 924. The van der Waals surface area contributed by atoms with Crippen molar-refractivity contribution >= 4 is 17.5 Å². The molecule has 6 heteroatoms. The molecule has 30 heavy (non-hydrogen) atoms. The van der Waals surface area contributed by atoms with Crippen LogP contribution in [-0.4, -0.2) is 47.6 Å². The van der Waals surface area contributed by atoms with Gasteiger partial charge in [0.25, 0.3) is 0 Å². The van der Waals surface area contributed by atoms with E-state index in [0.717, 1.165) is 48.4 Å². The summed E-state index contributed by atoms with van der Waals surface area (Å²) in [6.07, 6.45) is 3.08. The second kappa shape index (κ2) is 9.11. The van der Waals surface area contributed by atoms with Crippen LogP contribution in [0.25, 0.3) is 0 Å². The van der Waals surface area contributed by atoms with E-state index in [9.17, 15) is 9.59 Å². The van der Waals surface area contributed by atoms with Crippen molar-refractivity contribution < 1.29 is 14.3 Å². The Labute approximate surface area is 177 Å². The molecule has 156 valence electrons. The number of carbonyl (C=O) groups is 2. The van der Waals surface area contributed by atoms with E-state index in [2.05, 4.69) is 5.10 Å². The first-order valence-electron chi connectivity index (χ1n) is 10.5. The molecular formula is C24H27N3O3. The van der Waals surface area contributed by atoms with Gasteiger partial charge < -0.3 is 9.64 Å². The van der Waals surface area contributed by atoms with Gasteiger partial charge in [-0.15, -0.1) is 0 Å². The first-order chi connectivity index (χ1) is 14.7. The highest BCUT2D eigenvalue weighted by Gasteiger charge is 2.30. The van der Waals surface area contributed by atoms with Crippen molar-refractivity contribution in [2.45, 2.75) is 38.1 Å². The van der Waals surface area contributed by atoms with E-state index >= 15 is 0 Å². The van der Waals surface area contributed by atoms with Gasteiger partial charge in [0.05, 0.1) is 25.4 Å². The third-order valence-corrected chi connectivity index (χ3v) is 5.82. The summed E-state index contributed by atoms with van der Waals surface area (Å²) in [5, 5.41) is 5.99. The van der Waals surface area contributed by atoms with Crippen molar-refractivity contribution in [3.05, 3.63) is 65.7 Å². The molecule has 2 aromatic carbocycles. The lowest BCUT2D eigenvalue weighted by molar-refractivity contribution is -0.137. The van der Waals surface area contributed by atoms with Gasteiger partial charge in [-0.3, -0.25) is 9.59 Å². The van der Waals surface area contributed by atoms with Crippen LogP contribution in [0.5, 0.6) is 5.75 Å². The Morgan fingerprint density at radius 2 is 1.73 bits per heavy atom. The van der Waals surface area contributed by atoms with Gasteiger partial charge in [-0.2, -0.15) is 5.10 Å². The van der Waals surface area contributed by atoms with Gasteiger partial charge >= 0.3 is 0 Å². The third kappa shape index (κ3) is 4.37. The standard InChI is InChI=1S/C24H27N3O3/c1-30-20-11-9-19(10-12-20)22-8-5-16-26(22)23(28)13-14-24(29)27-17-15-21(25-27)18-6-3-2-4-7-18/h2-4,6-7,9-12,22H,5,8,13-17H2,1H3. The highest BCUT2D eigenvalue weighted by molar-refractivity contribution is 6.02. The predicted octanol–water partition coefficient (Wildman–Crippen LogP) is 3.78. The van der Waals surface area contributed by atoms with Gasteiger partial charge in [0, 0.05) is 25.8 Å². The SMILES string of the molecule is COc1ccc(C2CCCN2C(=O)CCC(=O)N2CCC(c3ccccc3)=N2)cc1. The maximum atomic E-state index is 12.9. The number of hydrogen-bond donors (Lipinski definition) is 0. The van der Waals surface area contributed by atoms with Crippen LogP contribution in [0.4, 0.5) is 0 Å².